The van der Waals surface area contributed by atoms with Gasteiger partial charge in [0.15, 0.2) is 12.2 Å². The number of nitrogens with zero attached hydrogens (tertiary/aromatic N) is 3. The minimum absolute atomic E-state index is 0.0237. The molecule has 1 aromatic carbocycles. The Morgan fingerprint density at radius 3 is 2.60 bits per heavy atom. The first-order valence-electron chi connectivity index (χ1n) is 10.3. The zero-order chi connectivity index (χ0) is 25.2. The van der Waals surface area contributed by atoms with Gasteiger partial charge in [0.2, 0.25) is 5.88 Å². The van der Waals surface area contributed by atoms with E-state index in [1.54, 1.807) is 0 Å². The normalized spacial score (nSPS) is 18.5. The van der Waals surface area contributed by atoms with Gasteiger partial charge in [-0.25, -0.2) is 32.9 Å². The lowest BCUT2D eigenvalue weighted by Gasteiger charge is -2.35. The molecule has 6 N–H and O–H groups in total. The zero-order valence-electron chi connectivity index (χ0n) is 18.0. The number of primary amides is 1. The SMILES string of the molecule is NC(=O)N[C@@](c1cc(NC(=O)c2cnc(OCc3cnco3)cn2)ccc1F)(C(F)F)[C@H]1C[C@H]1N. The number of amides is 3. The standard InChI is InChI=1S/C21H20F3N7O4/c22-14-2-1-10(3-12(14)21(19(23)24,31-20(26)33)13-4-15(13)25)30-18(32)16-6-29-17(7-28-16)34-8-11-5-27-9-35-11/h1-3,5-7,9,13,15,19H,4,8,25H2,(H,30,32)(H3,26,31,33)/t13-,15+,21+/m0/s1. The third-order valence-corrected chi connectivity index (χ3v) is 5.48. The number of alkyl halides is 2. The molecule has 3 atom stereocenters. The van der Waals surface area contributed by atoms with Crippen molar-refractivity contribution in [3.05, 3.63) is 66.0 Å². The van der Waals surface area contributed by atoms with Gasteiger partial charge < -0.3 is 31.3 Å². The van der Waals surface area contributed by atoms with E-state index < -0.39 is 47.2 Å². The minimum atomic E-state index is -3.23. The number of carbonyl (C=O) groups is 2. The van der Waals surface area contributed by atoms with Gasteiger partial charge in [-0.05, 0) is 24.6 Å². The molecule has 1 saturated carbocycles. The van der Waals surface area contributed by atoms with E-state index in [1.165, 1.54) is 24.9 Å². The van der Waals surface area contributed by atoms with Crippen LogP contribution in [0.5, 0.6) is 5.88 Å². The van der Waals surface area contributed by atoms with Crippen LogP contribution < -0.4 is 26.8 Å². The molecule has 3 aromatic rings. The van der Waals surface area contributed by atoms with Crippen molar-refractivity contribution in [2.45, 2.75) is 31.0 Å². The second-order valence-corrected chi connectivity index (χ2v) is 7.81. The fourth-order valence-corrected chi connectivity index (χ4v) is 3.72. The van der Waals surface area contributed by atoms with Gasteiger partial charge in [-0.3, -0.25) is 4.79 Å². The Balaban J connectivity index is 1.53. The average molecular weight is 491 g/mol. The van der Waals surface area contributed by atoms with Crippen LogP contribution >= 0.6 is 0 Å². The van der Waals surface area contributed by atoms with Crippen molar-refractivity contribution in [1.82, 2.24) is 20.3 Å². The summed E-state index contributed by atoms with van der Waals surface area (Å²) in [5.74, 6) is -2.15. The quantitative estimate of drug-likeness (QED) is 0.351. The maximum Gasteiger partial charge on any atom is 0.313 e. The highest BCUT2D eigenvalue weighted by Gasteiger charge is 2.59. The summed E-state index contributed by atoms with van der Waals surface area (Å²) in [7, 11) is 0. The first kappa shape index (κ1) is 23.9. The van der Waals surface area contributed by atoms with Crippen LogP contribution in [0.4, 0.5) is 23.7 Å². The van der Waals surface area contributed by atoms with Crippen LogP contribution in [0.2, 0.25) is 0 Å². The molecule has 3 amide bonds. The van der Waals surface area contributed by atoms with Crippen molar-refractivity contribution in [2.24, 2.45) is 17.4 Å². The largest absolute Gasteiger partial charge is 0.468 e. The predicted molar refractivity (Wildman–Crippen MR) is 114 cm³/mol. The van der Waals surface area contributed by atoms with E-state index in [0.717, 1.165) is 18.3 Å². The van der Waals surface area contributed by atoms with E-state index in [2.05, 4.69) is 20.3 Å². The average Bonchev–Trinajstić information content (AvgIpc) is 3.32. The monoisotopic (exact) mass is 491 g/mol. The molecule has 11 nitrogen and oxygen atoms in total. The molecule has 1 aliphatic rings. The summed E-state index contributed by atoms with van der Waals surface area (Å²) in [6.45, 7) is 0.0501. The van der Waals surface area contributed by atoms with Crippen molar-refractivity contribution in [1.29, 1.82) is 0 Å². The van der Waals surface area contributed by atoms with Crippen LogP contribution in [0.3, 0.4) is 0 Å². The molecule has 35 heavy (non-hydrogen) atoms. The molecular formula is C21H20F3N7O4. The van der Waals surface area contributed by atoms with Crippen LogP contribution in [-0.2, 0) is 12.1 Å². The number of aromatic nitrogens is 3. The second kappa shape index (κ2) is 9.58. The Labute approximate surface area is 196 Å². The first-order valence-corrected chi connectivity index (χ1v) is 10.3. The molecule has 0 unspecified atom stereocenters. The van der Waals surface area contributed by atoms with Gasteiger partial charge in [0.25, 0.3) is 12.3 Å². The summed E-state index contributed by atoms with van der Waals surface area (Å²) < 4.78 is 53.7. The fourth-order valence-electron chi connectivity index (χ4n) is 3.72. The van der Waals surface area contributed by atoms with Crippen LogP contribution in [-0.4, -0.2) is 39.4 Å². The summed E-state index contributed by atoms with van der Waals surface area (Å²) >= 11 is 0. The number of rotatable bonds is 9. The summed E-state index contributed by atoms with van der Waals surface area (Å²) in [6, 6.07) is 1.12. The number of oxazole rings is 1. The third-order valence-electron chi connectivity index (χ3n) is 5.48. The van der Waals surface area contributed by atoms with E-state index >= 15 is 0 Å². The Morgan fingerprint density at radius 2 is 2.03 bits per heavy atom. The van der Waals surface area contributed by atoms with E-state index in [9.17, 15) is 22.8 Å². The lowest BCUT2D eigenvalue weighted by Crippen LogP contribution is -2.56. The number of anilines is 1. The minimum Gasteiger partial charge on any atom is -0.468 e. The number of nitrogens with two attached hydrogens (primary N) is 2. The molecule has 0 aliphatic heterocycles. The van der Waals surface area contributed by atoms with Crippen molar-refractivity contribution >= 4 is 17.6 Å². The van der Waals surface area contributed by atoms with Gasteiger partial charge in [-0.1, -0.05) is 0 Å². The lowest BCUT2D eigenvalue weighted by atomic mass is 9.84. The fraction of sp³-hybridized carbons (Fsp3) is 0.286. The highest BCUT2D eigenvalue weighted by Crippen LogP contribution is 2.49. The number of carbonyl (C=O) groups excluding carboxylic acids is 2. The maximum atomic E-state index is 14.7. The van der Waals surface area contributed by atoms with E-state index in [0.29, 0.717) is 5.76 Å². The third kappa shape index (κ3) is 5.01. The number of hydrogen-bond donors (Lipinski definition) is 4. The highest BCUT2D eigenvalue weighted by atomic mass is 19.3. The van der Waals surface area contributed by atoms with Crippen molar-refractivity contribution in [3.63, 3.8) is 0 Å². The van der Waals surface area contributed by atoms with E-state index in [4.69, 9.17) is 20.6 Å². The lowest BCUT2D eigenvalue weighted by molar-refractivity contribution is 0.0171. The Morgan fingerprint density at radius 1 is 1.26 bits per heavy atom. The summed E-state index contributed by atoms with van der Waals surface area (Å²) in [5.41, 5.74) is 7.72. The molecule has 0 bridgehead atoms. The first-order chi connectivity index (χ1) is 16.7. The molecule has 1 aliphatic carbocycles. The molecule has 2 aromatic heterocycles. The number of hydrogen-bond acceptors (Lipinski definition) is 8. The van der Waals surface area contributed by atoms with Crippen molar-refractivity contribution in [2.75, 3.05) is 5.32 Å². The summed E-state index contributed by atoms with van der Waals surface area (Å²) in [4.78, 5) is 35.8. The van der Waals surface area contributed by atoms with Crippen molar-refractivity contribution in [3.8, 4) is 5.88 Å². The van der Waals surface area contributed by atoms with Gasteiger partial charge in [0.05, 0.1) is 18.6 Å². The van der Waals surface area contributed by atoms with E-state index in [-0.39, 0.29) is 30.3 Å². The molecule has 0 saturated heterocycles. The Bertz CT molecular complexity index is 1210. The maximum absolute atomic E-state index is 14.7. The molecule has 0 radical (unpaired) electrons. The second-order valence-electron chi connectivity index (χ2n) is 7.81. The number of urea groups is 1. The number of halogens is 3. The molecule has 14 heteroatoms. The molecule has 1 fully saturated rings. The Kier molecular flexibility index (Phi) is 6.55. The molecule has 184 valence electrons. The summed E-state index contributed by atoms with van der Waals surface area (Å²) in [5, 5.41) is 4.43. The number of benzene rings is 1. The smallest absolute Gasteiger partial charge is 0.313 e. The molecule has 2 heterocycles. The highest BCUT2D eigenvalue weighted by molar-refractivity contribution is 6.02. The molecule has 0 spiro atoms. The van der Waals surface area contributed by atoms with E-state index in [1.807, 2.05) is 5.32 Å². The number of nitrogens with one attached hydrogen (secondary N) is 2. The molecule has 4 rings (SSSR count). The zero-order valence-corrected chi connectivity index (χ0v) is 18.0. The van der Waals surface area contributed by atoms with Gasteiger partial charge in [-0.15, -0.1) is 0 Å². The van der Waals surface area contributed by atoms with Crippen molar-refractivity contribution < 1.29 is 31.9 Å². The van der Waals surface area contributed by atoms with Crippen LogP contribution in [0.25, 0.3) is 0 Å². The topological polar surface area (TPSA) is 171 Å². The summed E-state index contributed by atoms with van der Waals surface area (Å²) in [6.07, 6.45) is 1.94. The van der Waals surface area contributed by atoms with Crippen LogP contribution in [0.15, 0.2) is 47.6 Å². The van der Waals surface area contributed by atoms with Gasteiger partial charge >= 0.3 is 6.03 Å². The van der Waals surface area contributed by atoms with Gasteiger partial charge in [0, 0.05) is 23.2 Å². The van der Waals surface area contributed by atoms with Gasteiger partial charge in [-0.2, -0.15) is 0 Å². The Hall–Kier alpha value is -4.20. The van der Waals surface area contributed by atoms with Crippen LogP contribution in [0, 0.1) is 11.7 Å². The molecular weight excluding hydrogens is 471 g/mol. The predicted octanol–water partition coefficient (Wildman–Crippen LogP) is 1.91. The van der Waals surface area contributed by atoms with Gasteiger partial charge in [0.1, 0.15) is 23.7 Å². The number of ether oxygens (including phenoxy) is 1. The van der Waals surface area contributed by atoms with Crippen LogP contribution in [0.1, 0.15) is 28.2 Å².